The fourth-order valence-electron chi connectivity index (χ4n) is 3.62. The van der Waals surface area contributed by atoms with E-state index in [0.29, 0.717) is 11.6 Å². The Bertz CT molecular complexity index is 1130. The molecule has 0 saturated heterocycles. The Labute approximate surface area is 163 Å². The van der Waals surface area contributed by atoms with Crippen molar-refractivity contribution >= 4 is 23.7 Å². The third kappa shape index (κ3) is 2.78. The molecule has 1 aromatic heterocycles. The van der Waals surface area contributed by atoms with E-state index in [1.54, 1.807) is 19.1 Å². The SMILES string of the molecule is CC1=CC2=NC(=O)/C(=C\c3cc(C)n(-c4cc(C)ccc4C)c3C)C(=N)N2O1. The van der Waals surface area contributed by atoms with Gasteiger partial charge in [-0.15, -0.1) is 5.06 Å². The van der Waals surface area contributed by atoms with E-state index in [4.69, 9.17) is 10.2 Å². The number of carbonyl (C=O) groups is 1. The number of carbonyl (C=O) groups excluding carboxylic acids is 1. The van der Waals surface area contributed by atoms with Crippen molar-refractivity contribution in [3.63, 3.8) is 0 Å². The number of hydroxylamine groups is 2. The average molecular weight is 374 g/mol. The van der Waals surface area contributed by atoms with Gasteiger partial charge in [-0.3, -0.25) is 10.2 Å². The number of amides is 1. The normalized spacial score (nSPS) is 17.6. The molecule has 0 unspecified atom stereocenters. The number of aliphatic imine (C=N–C) groups is 1. The zero-order valence-electron chi connectivity index (χ0n) is 16.6. The fourth-order valence-corrected chi connectivity index (χ4v) is 3.62. The maximum Gasteiger partial charge on any atom is 0.282 e. The molecule has 28 heavy (non-hydrogen) atoms. The summed E-state index contributed by atoms with van der Waals surface area (Å²) in [5.41, 5.74) is 6.65. The predicted molar refractivity (Wildman–Crippen MR) is 110 cm³/mol. The molecule has 0 spiro atoms. The highest BCUT2D eigenvalue weighted by Gasteiger charge is 2.34. The van der Waals surface area contributed by atoms with E-state index >= 15 is 0 Å². The van der Waals surface area contributed by atoms with Crippen LogP contribution in [0.4, 0.5) is 0 Å². The molecular weight excluding hydrogens is 352 g/mol. The van der Waals surface area contributed by atoms with Crippen molar-refractivity contribution in [3.8, 4) is 5.69 Å². The quantitative estimate of drug-likeness (QED) is 0.803. The lowest BCUT2D eigenvalue weighted by Crippen LogP contribution is -2.38. The highest BCUT2D eigenvalue weighted by molar-refractivity contribution is 6.32. The maximum atomic E-state index is 12.5. The van der Waals surface area contributed by atoms with Crippen molar-refractivity contribution in [3.05, 3.63) is 69.8 Å². The Morgan fingerprint density at radius 1 is 1.11 bits per heavy atom. The van der Waals surface area contributed by atoms with Crippen LogP contribution < -0.4 is 0 Å². The summed E-state index contributed by atoms with van der Waals surface area (Å²) in [6.45, 7) is 9.98. The fraction of sp³-hybridized carbons (Fsp3) is 0.227. The van der Waals surface area contributed by atoms with Crippen LogP contribution in [-0.2, 0) is 9.63 Å². The van der Waals surface area contributed by atoms with Crippen molar-refractivity contribution < 1.29 is 9.63 Å². The highest BCUT2D eigenvalue weighted by Crippen LogP contribution is 2.28. The van der Waals surface area contributed by atoms with Gasteiger partial charge in [0.15, 0.2) is 11.7 Å². The van der Waals surface area contributed by atoms with Gasteiger partial charge in [0.1, 0.15) is 5.76 Å². The van der Waals surface area contributed by atoms with Crippen molar-refractivity contribution in [1.29, 1.82) is 5.41 Å². The Kier molecular flexibility index (Phi) is 4.07. The first-order valence-electron chi connectivity index (χ1n) is 9.13. The lowest BCUT2D eigenvalue weighted by atomic mass is 10.1. The lowest BCUT2D eigenvalue weighted by molar-refractivity contribution is -0.114. The number of nitrogens with zero attached hydrogens (tertiary/aromatic N) is 3. The van der Waals surface area contributed by atoms with Gasteiger partial charge in [-0.1, -0.05) is 12.1 Å². The average Bonchev–Trinajstić information content (AvgIpc) is 3.13. The van der Waals surface area contributed by atoms with Gasteiger partial charge >= 0.3 is 0 Å². The largest absolute Gasteiger partial charge is 0.376 e. The number of hydrogen-bond acceptors (Lipinski definition) is 3. The third-order valence-corrected chi connectivity index (χ3v) is 5.06. The number of nitrogens with one attached hydrogen (secondary N) is 1. The predicted octanol–water partition coefficient (Wildman–Crippen LogP) is 4.16. The van der Waals surface area contributed by atoms with Crippen LogP contribution in [0.1, 0.15) is 35.0 Å². The number of hydrogen-bond donors (Lipinski definition) is 1. The van der Waals surface area contributed by atoms with Gasteiger partial charge in [0.05, 0.1) is 5.57 Å². The minimum Gasteiger partial charge on any atom is -0.376 e. The molecule has 0 atom stereocenters. The summed E-state index contributed by atoms with van der Waals surface area (Å²) in [5.74, 6) is 0.526. The second-order valence-electron chi connectivity index (χ2n) is 7.27. The van der Waals surface area contributed by atoms with Crippen molar-refractivity contribution in [2.24, 2.45) is 4.99 Å². The standard InChI is InChI=1S/C22H22N4O2/c1-12-6-7-13(2)19(8-12)25-14(3)9-17(16(25)5)11-18-21(23)26-20(24-22(18)27)10-15(4)28-26/h6-11,23H,1-5H3/b18-11-,23-21?. The molecule has 2 aliphatic heterocycles. The van der Waals surface area contributed by atoms with Crippen LogP contribution in [0.25, 0.3) is 11.8 Å². The molecule has 0 fully saturated rings. The molecule has 3 heterocycles. The van der Waals surface area contributed by atoms with E-state index < -0.39 is 5.91 Å². The van der Waals surface area contributed by atoms with Crippen LogP contribution in [0.2, 0.25) is 0 Å². The van der Waals surface area contributed by atoms with Gasteiger partial charge in [0.2, 0.25) is 0 Å². The van der Waals surface area contributed by atoms with E-state index in [1.807, 2.05) is 19.9 Å². The smallest absolute Gasteiger partial charge is 0.282 e. The third-order valence-electron chi connectivity index (χ3n) is 5.06. The van der Waals surface area contributed by atoms with Crippen molar-refractivity contribution in [2.75, 3.05) is 0 Å². The summed E-state index contributed by atoms with van der Waals surface area (Å²) in [4.78, 5) is 22.1. The molecule has 2 aliphatic rings. The zero-order chi connectivity index (χ0) is 20.2. The Balaban J connectivity index is 1.79. The van der Waals surface area contributed by atoms with E-state index in [0.717, 1.165) is 22.6 Å². The van der Waals surface area contributed by atoms with Crippen LogP contribution >= 0.6 is 0 Å². The zero-order valence-corrected chi connectivity index (χ0v) is 16.6. The van der Waals surface area contributed by atoms with Gasteiger partial charge < -0.3 is 9.40 Å². The van der Waals surface area contributed by atoms with Gasteiger partial charge in [-0.05, 0) is 69.5 Å². The molecule has 0 radical (unpaired) electrons. The molecule has 142 valence electrons. The summed E-state index contributed by atoms with van der Waals surface area (Å²) in [5, 5.41) is 9.68. The maximum absolute atomic E-state index is 12.5. The Hall–Kier alpha value is -3.41. The molecule has 0 aliphatic carbocycles. The number of aryl methyl sites for hydroxylation is 3. The van der Waals surface area contributed by atoms with Gasteiger partial charge in [0, 0.05) is 23.2 Å². The minimum absolute atomic E-state index is 0.000334. The van der Waals surface area contributed by atoms with Gasteiger partial charge in [-0.25, -0.2) is 0 Å². The van der Waals surface area contributed by atoms with Gasteiger partial charge in [-0.2, -0.15) is 4.99 Å². The van der Waals surface area contributed by atoms with Crippen LogP contribution in [-0.4, -0.2) is 27.2 Å². The monoisotopic (exact) mass is 374 g/mol. The molecule has 6 nitrogen and oxygen atoms in total. The molecular formula is C22H22N4O2. The van der Waals surface area contributed by atoms with Crippen LogP contribution in [0.5, 0.6) is 0 Å². The number of amidine groups is 2. The minimum atomic E-state index is -0.428. The molecule has 0 saturated carbocycles. The second-order valence-corrected chi connectivity index (χ2v) is 7.27. The summed E-state index contributed by atoms with van der Waals surface area (Å²) in [7, 11) is 0. The topological polar surface area (TPSA) is 70.7 Å². The van der Waals surface area contributed by atoms with Crippen LogP contribution in [0.3, 0.4) is 0 Å². The van der Waals surface area contributed by atoms with Gasteiger partial charge in [0.25, 0.3) is 5.91 Å². The first-order valence-corrected chi connectivity index (χ1v) is 9.13. The van der Waals surface area contributed by atoms with Crippen LogP contribution in [0.15, 0.2) is 46.7 Å². The number of allylic oxidation sites excluding steroid dienone is 1. The first kappa shape index (κ1) is 18.0. The molecule has 6 heteroatoms. The van der Waals surface area contributed by atoms with E-state index in [2.05, 4.69) is 41.6 Å². The molecule has 0 bridgehead atoms. The molecule has 4 rings (SSSR count). The molecule has 1 amide bonds. The second kappa shape index (κ2) is 6.34. The number of fused-ring (bicyclic) bond motifs is 1. The highest BCUT2D eigenvalue weighted by atomic mass is 16.7. The van der Waals surface area contributed by atoms with Crippen molar-refractivity contribution in [1.82, 2.24) is 9.63 Å². The van der Waals surface area contributed by atoms with E-state index in [-0.39, 0.29) is 11.4 Å². The van der Waals surface area contributed by atoms with Crippen LogP contribution in [0, 0.1) is 33.1 Å². The first-order chi connectivity index (χ1) is 13.3. The summed E-state index contributed by atoms with van der Waals surface area (Å²) < 4.78 is 2.18. The van der Waals surface area contributed by atoms with Crippen molar-refractivity contribution in [2.45, 2.75) is 34.6 Å². The Morgan fingerprint density at radius 2 is 1.86 bits per heavy atom. The van der Waals surface area contributed by atoms with E-state index in [1.165, 1.54) is 16.2 Å². The molecule has 1 aromatic carbocycles. The summed E-state index contributed by atoms with van der Waals surface area (Å²) in [6, 6.07) is 8.39. The molecule has 2 aromatic rings. The number of benzene rings is 1. The summed E-state index contributed by atoms with van der Waals surface area (Å²) in [6.07, 6.45) is 3.38. The summed E-state index contributed by atoms with van der Waals surface area (Å²) >= 11 is 0. The number of rotatable bonds is 2. The Morgan fingerprint density at radius 3 is 2.61 bits per heavy atom. The van der Waals surface area contributed by atoms with E-state index in [9.17, 15) is 4.79 Å². The number of aromatic nitrogens is 1. The molecule has 1 N–H and O–H groups in total. The lowest BCUT2D eigenvalue weighted by Gasteiger charge is -2.23.